The van der Waals surface area contributed by atoms with E-state index in [0.29, 0.717) is 26.2 Å². The SMILES string of the molecule is Cl.FC(F)C[C@@H](c1cc(C(F)(F)F)ccc1Cl)N1CCNCC1. The monoisotopic (exact) mass is 378 g/mol. The topological polar surface area (TPSA) is 15.3 Å². The fourth-order valence-corrected chi connectivity index (χ4v) is 2.85. The Kier molecular flexibility index (Phi) is 7.51. The van der Waals surface area contributed by atoms with Gasteiger partial charge in [-0.25, -0.2) is 8.78 Å². The van der Waals surface area contributed by atoms with Crippen molar-refractivity contribution in [1.29, 1.82) is 0 Å². The van der Waals surface area contributed by atoms with Crippen molar-refractivity contribution in [2.24, 2.45) is 0 Å². The molecule has 0 bridgehead atoms. The molecule has 1 saturated heterocycles. The molecule has 0 aliphatic carbocycles. The number of hydrogen-bond acceptors (Lipinski definition) is 2. The van der Waals surface area contributed by atoms with E-state index in [1.54, 1.807) is 4.90 Å². The van der Waals surface area contributed by atoms with Gasteiger partial charge in [-0.15, -0.1) is 12.4 Å². The standard InChI is InChI=1S/C14H16ClF5N2.ClH/c15-11-2-1-9(14(18,19)20)7-10(11)12(8-13(16)17)22-5-3-21-4-6-22;/h1-2,7,12-13,21H,3-6,8H2;1H/t12-;/m0./s1. The number of piperazine rings is 1. The van der Waals surface area contributed by atoms with E-state index in [1.807, 2.05) is 0 Å². The first-order valence-electron chi connectivity index (χ1n) is 6.88. The molecular weight excluding hydrogens is 362 g/mol. The Morgan fingerprint density at radius 2 is 1.78 bits per heavy atom. The quantitative estimate of drug-likeness (QED) is 0.782. The molecule has 1 atom stereocenters. The third-order valence-corrected chi connectivity index (χ3v) is 4.02. The molecule has 1 fully saturated rings. The van der Waals surface area contributed by atoms with Gasteiger partial charge in [-0.05, 0) is 23.8 Å². The van der Waals surface area contributed by atoms with E-state index >= 15 is 0 Å². The van der Waals surface area contributed by atoms with Crippen LogP contribution in [0.2, 0.25) is 5.02 Å². The first kappa shape index (κ1) is 20.4. The maximum atomic E-state index is 12.9. The van der Waals surface area contributed by atoms with Crippen molar-refractivity contribution < 1.29 is 22.0 Å². The Morgan fingerprint density at radius 3 is 2.30 bits per heavy atom. The van der Waals surface area contributed by atoms with E-state index in [9.17, 15) is 22.0 Å². The van der Waals surface area contributed by atoms with Crippen molar-refractivity contribution in [3.8, 4) is 0 Å². The highest BCUT2D eigenvalue weighted by Crippen LogP contribution is 2.37. The third kappa shape index (κ3) is 5.45. The minimum atomic E-state index is -4.53. The average Bonchev–Trinajstić information content (AvgIpc) is 2.45. The lowest BCUT2D eigenvalue weighted by Gasteiger charge is -2.35. The molecule has 0 unspecified atom stereocenters. The molecule has 1 aliphatic heterocycles. The Hall–Kier alpha value is -0.630. The predicted molar refractivity (Wildman–Crippen MR) is 81.5 cm³/mol. The second-order valence-corrected chi connectivity index (χ2v) is 5.57. The van der Waals surface area contributed by atoms with Crippen molar-refractivity contribution in [2.45, 2.75) is 25.1 Å². The van der Waals surface area contributed by atoms with Crippen LogP contribution < -0.4 is 5.32 Å². The number of alkyl halides is 5. The van der Waals surface area contributed by atoms with Gasteiger partial charge in [-0.3, -0.25) is 4.90 Å². The predicted octanol–water partition coefficient (Wildman–Crippen LogP) is 4.38. The minimum Gasteiger partial charge on any atom is -0.314 e. The lowest BCUT2D eigenvalue weighted by molar-refractivity contribution is -0.137. The van der Waals surface area contributed by atoms with Crippen LogP contribution in [-0.2, 0) is 6.18 Å². The zero-order valence-electron chi connectivity index (χ0n) is 12.0. The molecule has 2 nitrogen and oxygen atoms in total. The van der Waals surface area contributed by atoms with Crippen LogP contribution in [0.4, 0.5) is 22.0 Å². The molecule has 0 spiro atoms. The number of nitrogens with one attached hydrogen (secondary N) is 1. The van der Waals surface area contributed by atoms with Gasteiger partial charge in [0.15, 0.2) is 0 Å². The summed E-state index contributed by atoms with van der Waals surface area (Å²) >= 11 is 5.99. The van der Waals surface area contributed by atoms with Crippen LogP contribution in [0.25, 0.3) is 0 Å². The largest absolute Gasteiger partial charge is 0.416 e. The Morgan fingerprint density at radius 1 is 1.17 bits per heavy atom. The van der Waals surface area contributed by atoms with Crippen molar-refractivity contribution in [2.75, 3.05) is 26.2 Å². The van der Waals surface area contributed by atoms with Crippen LogP contribution in [0.5, 0.6) is 0 Å². The van der Waals surface area contributed by atoms with Crippen molar-refractivity contribution in [1.82, 2.24) is 10.2 Å². The zero-order chi connectivity index (χ0) is 16.3. The van der Waals surface area contributed by atoms with Gasteiger partial charge >= 0.3 is 6.18 Å². The summed E-state index contributed by atoms with van der Waals surface area (Å²) in [7, 11) is 0. The molecule has 23 heavy (non-hydrogen) atoms. The summed E-state index contributed by atoms with van der Waals surface area (Å²) in [5, 5.41) is 3.16. The fraction of sp³-hybridized carbons (Fsp3) is 0.571. The first-order chi connectivity index (χ1) is 10.3. The summed E-state index contributed by atoms with van der Waals surface area (Å²) in [6.07, 6.45) is -7.69. The number of nitrogens with zero attached hydrogens (tertiary/aromatic N) is 1. The summed E-state index contributed by atoms with van der Waals surface area (Å²) in [6.45, 7) is 2.19. The van der Waals surface area contributed by atoms with Crippen LogP contribution in [0.15, 0.2) is 18.2 Å². The van der Waals surface area contributed by atoms with Crippen LogP contribution in [0.3, 0.4) is 0 Å². The van der Waals surface area contributed by atoms with Crippen LogP contribution in [0, 0.1) is 0 Å². The normalized spacial score (nSPS) is 17.9. The van der Waals surface area contributed by atoms with Crippen LogP contribution >= 0.6 is 24.0 Å². The molecule has 0 aromatic heterocycles. The van der Waals surface area contributed by atoms with Gasteiger partial charge < -0.3 is 5.32 Å². The highest BCUT2D eigenvalue weighted by atomic mass is 35.5. The molecule has 132 valence electrons. The van der Waals surface area contributed by atoms with E-state index in [0.717, 1.165) is 18.2 Å². The van der Waals surface area contributed by atoms with E-state index in [1.165, 1.54) is 0 Å². The van der Waals surface area contributed by atoms with Crippen LogP contribution in [0.1, 0.15) is 23.6 Å². The fourth-order valence-electron chi connectivity index (χ4n) is 2.61. The number of benzene rings is 1. The van der Waals surface area contributed by atoms with Gasteiger partial charge in [-0.2, -0.15) is 13.2 Å². The maximum Gasteiger partial charge on any atom is 0.416 e. The highest BCUT2D eigenvalue weighted by Gasteiger charge is 2.33. The molecule has 0 radical (unpaired) electrons. The highest BCUT2D eigenvalue weighted by molar-refractivity contribution is 6.31. The van der Waals surface area contributed by atoms with Gasteiger partial charge in [-0.1, -0.05) is 11.6 Å². The number of halogens is 7. The molecule has 0 amide bonds. The van der Waals surface area contributed by atoms with Crippen molar-refractivity contribution in [3.05, 3.63) is 34.3 Å². The van der Waals surface area contributed by atoms with Crippen LogP contribution in [-0.4, -0.2) is 37.5 Å². The summed E-state index contributed by atoms with van der Waals surface area (Å²) < 4.78 is 64.3. The Bertz CT molecular complexity index is 504. The van der Waals surface area contributed by atoms with Gasteiger partial charge in [0.05, 0.1) is 5.56 Å². The molecular formula is C14H17Cl2F5N2. The second-order valence-electron chi connectivity index (χ2n) is 5.16. The smallest absolute Gasteiger partial charge is 0.314 e. The molecule has 1 aromatic rings. The Labute approximate surface area is 142 Å². The van der Waals surface area contributed by atoms with Gasteiger partial charge in [0.1, 0.15) is 0 Å². The lowest BCUT2D eigenvalue weighted by atomic mass is 9.98. The molecule has 1 N–H and O–H groups in total. The van der Waals surface area contributed by atoms with Gasteiger partial charge in [0, 0.05) is 43.7 Å². The summed E-state index contributed by atoms with van der Waals surface area (Å²) in [4.78, 5) is 1.75. The molecule has 1 aliphatic rings. The maximum absolute atomic E-state index is 12.9. The summed E-state index contributed by atoms with van der Waals surface area (Å²) in [5.74, 6) is 0. The van der Waals surface area contributed by atoms with E-state index in [-0.39, 0.29) is 23.0 Å². The summed E-state index contributed by atoms with van der Waals surface area (Å²) in [5.41, 5.74) is -0.764. The minimum absolute atomic E-state index is 0. The van der Waals surface area contributed by atoms with Crippen molar-refractivity contribution >= 4 is 24.0 Å². The summed E-state index contributed by atoms with van der Waals surface area (Å²) in [6, 6.07) is 2.05. The second kappa shape index (κ2) is 8.46. The lowest BCUT2D eigenvalue weighted by Crippen LogP contribution is -2.45. The van der Waals surface area contributed by atoms with E-state index in [4.69, 9.17) is 11.6 Å². The number of hydrogen-bond donors (Lipinski definition) is 1. The van der Waals surface area contributed by atoms with Gasteiger partial charge in [0.25, 0.3) is 0 Å². The molecule has 2 rings (SSSR count). The van der Waals surface area contributed by atoms with E-state index in [2.05, 4.69) is 5.32 Å². The Balaban J connectivity index is 0.00000264. The molecule has 1 heterocycles. The van der Waals surface area contributed by atoms with Gasteiger partial charge in [0.2, 0.25) is 6.43 Å². The average molecular weight is 379 g/mol. The first-order valence-corrected chi connectivity index (χ1v) is 7.26. The molecule has 0 saturated carbocycles. The zero-order valence-corrected chi connectivity index (χ0v) is 13.6. The third-order valence-electron chi connectivity index (χ3n) is 3.68. The molecule has 1 aromatic carbocycles. The van der Waals surface area contributed by atoms with E-state index < -0.39 is 30.6 Å². The van der Waals surface area contributed by atoms with Crippen molar-refractivity contribution in [3.63, 3.8) is 0 Å². The molecule has 9 heteroatoms. The number of rotatable bonds is 4.